The van der Waals surface area contributed by atoms with E-state index in [-0.39, 0.29) is 0 Å². The van der Waals surface area contributed by atoms with Gasteiger partial charge in [-0.15, -0.1) is 0 Å². The first kappa shape index (κ1) is 6.22. The summed E-state index contributed by atoms with van der Waals surface area (Å²) in [4.78, 5) is 4.85. The Morgan fingerprint density at radius 1 is 1.67 bits per heavy atom. The van der Waals surface area contributed by atoms with Gasteiger partial charge in [-0.2, -0.15) is 0 Å². The van der Waals surface area contributed by atoms with E-state index in [1.54, 1.807) is 6.20 Å². The summed E-state index contributed by atoms with van der Waals surface area (Å²) in [5, 5.41) is 3.06. The molecule has 9 heavy (non-hydrogen) atoms. The van der Waals surface area contributed by atoms with Gasteiger partial charge in [0.25, 0.3) is 0 Å². The molecule has 3 N–H and O–H groups in total. The summed E-state index contributed by atoms with van der Waals surface area (Å²) in [7, 11) is 0. The molecule has 0 aromatic heterocycles. The first-order valence-corrected chi connectivity index (χ1v) is 2.93. The minimum Gasteiger partial charge on any atom is -0.370 e. The molecule has 1 aliphatic rings. The molecule has 0 aliphatic carbocycles. The van der Waals surface area contributed by atoms with Gasteiger partial charge < -0.3 is 10.2 Å². The second-order valence-electron chi connectivity index (χ2n) is 2.16. The lowest BCUT2D eigenvalue weighted by Gasteiger charge is -2.07. The van der Waals surface area contributed by atoms with Crippen LogP contribution in [0.2, 0.25) is 0 Å². The van der Waals surface area contributed by atoms with E-state index in [2.05, 4.69) is 16.3 Å². The van der Waals surface area contributed by atoms with Crippen LogP contribution in [-0.4, -0.2) is 6.04 Å². The fourth-order valence-electron chi connectivity index (χ4n) is 0.565. The molecule has 0 fully saturated rings. The highest BCUT2D eigenvalue weighted by atomic mass is 16.7. The fourth-order valence-corrected chi connectivity index (χ4v) is 0.565. The Hall–Kier alpha value is -0.900. The number of nitrogens with one attached hydrogen (secondary N) is 3. The molecule has 0 aromatic rings. The Labute approximate surface area is 54.2 Å². The minimum absolute atomic E-state index is 0.401. The van der Waals surface area contributed by atoms with Crippen LogP contribution in [0.25, 0.3) is 0 Å². The molecular formula is C5H11N3O. The van der Waals surface area contributed by atoms with E-state index in [9.17, 15) is 0 Å². The average molecular weight is 129 g/mol. The van der Waals surface area contributed by atoms with Crippen LogP contribution in [0.15, 0.2) is 12.1 Å². The van der Waals surface area contributed by atoms with Gasteiger partial charge in [0.15, 0.2) is 0 Å². The smallest absolute Gasteiger partial charge is 0.232 e. The molecule has 4 heteroatoms. The molecule has 0 bridgehead atoms. The van der Waals surface area contributed by atoms with Crippen LogP contribution < -0.4 is 16.3 Å². The van der Waals surface area contributed by atoms with Crippen LogP contribution in [-0.2, 0) is 4.84 Å². The third-order valence-electron chi connectivity index (χ3n) is 0.854. The van der Waals surface area contributed by atoms with Gasteiger partial charge in [0.2, 0.25) is 5.88 Å². The molecule has 0 amide bonds. The van der Waals surface area contributed by atoms with Crippen LogP contribution in [0, 0.1) is 0 Å². The zero-order valence-electron chi connectivity index (χ0n) is 5.56. The Balaban J connectivity index is 2.26. The predicted octanol–water partition coefficient (Wildman–Crippen LogP) is -0.177. The number of hydrazine groups is 1. The summed E-state index contributed by atoms with van der Waals surface area (Å²) in [6, 6.07) is 0.401. The Morgan fingerprint density at radius 2 is 2.44 bits per heavy atom. The summed E-state index contributed by atoms with van der Waals surface area (Å²) in [6.07, 6.45) is 1.72. The first-order valence-electron chi connectivity index (χ1n) is 2.93. The van der Waals surface area contributed by atoms with Gasteiger partial charge in [-0.05, 0) is 13.8 Å². The van der Waals surface area contributed by atoms with E-state index in [0.29, 0.717) is 6.04 Å². The SMILES string of the molecule is CC(C)NC1=CNNO1. The van der Waals surface area contributed by atoms with E-state index in [0.717, 1.165) is 5.88 Å². The molecule has 0 aromatic carbocycles. The second-order valence-corrected chi connectivity index (χ2v) is 2.16. The van der Waals surface area contributed by atoms with Crippen molar-refractivity contribution in [1.82, 2.24) is 16.3 Å². The quantitative estimate of drug-likeness (QED) is 0.484. The summed E-state index contributed by atoms with van der Waals surface area (Å²) in [5.41, 5.74) is 5.15. The highest BCUT2D eigenvalue weighted by Gasteiger charge is 2.03. The molecule has 52 valence electrons. The average Bonchev–Trinajstić information content (AvgIpc) is 2.15. The molecule has 0 saturated heterocycles. The molecule has 0 unspecified atom stereocenters. The lowest BCUT2D eigenvalue weighted by atomic mass is 10.4. The van der Waals surface area contributed by atoms with Gasteiger partial charge in [-0.25, -0.2) is 0 Å². The number of hydrogen-bond acceptors (Lipinski definition) is 4. The maximum atomic E-state index is 4.85. The zero-order chi connectivity index (χ0) is 6.69. The standard InChI is InChI=1S/C5H11N3O/c1-4(2)7-5-3-6-8-9-5/h3-4,6-8H,1-2H3. The van der Waals surface area contributed by atoms with Gasteiger partial charge >= 0.3 is 0 Å². The van der Waals surface area contributed by atoms with Crippen molar-refractivity contribution in [3.63, 3.8) is 0 Å². The van der Waals surface area contributed by atoms with Crippen molar-refractivity contribution in [2.45, 2.75) is 19.9 Å². The maximum absolute atomic E-state index is 4.85. The van der Waals surface area contributed by atoms with E-state index in [1.807, 2.05) is 13.8 Å². The highest BCUT2D eigenvalue weighted by molar-refractivity contribution is 4.91. The van der Waals surface area contributed by atoms with E-state index in [1.165, 1.54) is 0 Å². The van der Waals surface area contributed by atoms with Crippen molar-refractivity contribution in [2.24, 2.45) is 0 Å². The van der Waals surface area contributed by atoms with E-state index in [4.69, 9.17) is 4.84 Å². The molecular weight excluding hydrogens is 118 g/mol. The van der Waals surface area contributed by atoms with Crippen molar-refractivity contribution in [3.8, 4) is 0 Å². The third kappa shape index (κ3) is 1.81. The van der Waals surface area contributed by atoms with Crippen LogP contribution in [0.1, 0.15) is 13.8 Å². The molecule has 0 radical (unpaired) electrons. The summed E-state index contributed by atoms with van der Waals surface area (Å²) >= 11 is 0. The van der Waals surface area contributed by atoms with Crippen LogP contribution in [0.3, 0.4) is 0 Å². The van der Waals surface area contributed by atoms with E-state index < -0.39 is 0 Å². The summed E-state index contributed by atoms with van der Waals surface area (Å²) in [5.74, 6) is 0.727. The van der Waals surface area contributed by atoms with Crippen LogP contribution in [0.4, 0.5) is 0 Å². The zero-order valence-corrected chi connectivity index (χ0v) is 5.56. The molecule has 0 saturated carbocycles. The Kier molecular flexibility index (Phi) is 1.79. The summed E-state index contributed by atoms with van der Waals surface area (Å²) in [6.45, 7) is 4.09. The van der Waals surface area contributed by atoms with Gasteiger partial charge in [0.1, 0.15) is 0 Å². The van der Waals surface area contributed by atoms with Gasteiger partial charge in [0, 0.05) is 6.04 Å². The Morgan fingerprint density at radius 3 is 2.89 bits per heavy atom. The van der Waals surface area contributed by atoms with Gasteiger partial charge in [-0.3, -0.25) is 5.43 Å². The number of hydrogen-bond donors (Lipinski definition) is 3. The monoisotopic (exact) mass is 129 g/mol. The summed E-state index contributed by atoms with van der Waals surface area (Å²) < 4.78 is 0. The molecule has 4 nitrogen and oxygen atoms in total. The van der Waals surface area contributed by atoms with Gasteiger partial charge in [0.05, 0.1) is 6.20 Å². The largest absolute Gasteiger partial charge is 0.370 e. The van der Waals surface area contributed by atoms with Crippen molar-refractivity contribution >= 4 is 0 Å². The van der Waals surface area contributed by atoms with Crippen LogP contribution >= 0.6 is 0 Å². The molecule has 0 spiro atoms. The van der Waals surface area contributed by atoms with Crippen molar-refractivity contribution < 1.29 is 4.84 Å². The van der Waals surface area contributed by atoms with Crippen LogP contribution in [0.5, 0.6) is 0 Å². The fraction of sp³-hybridized carbons (Fsp3) is 0.600. The highest BCUT2D eigenvalue weighted by Crippen LogP contribution is 1.93. The topological polar surface area (TPSA) is 45.3 Å². The normalized spacial score (nSPS) is 16.6. The second kappa shape index (κ2) is 2.59. The first-order chi connectivity index (χ1) is 4.29. The maximum Gasteiger partial charge on any atom is 0.232 e. The number of rotatable bonds is 2. The minimum atomic E-state index is 0.401. The van der Waals surface area contributed by atoms with Gasteiger partial charge in [-0.1, -0.05) is 5.59 Å². The van der Waals surface area contributed by atoms with Crippen molar-refractivity contribution in [1.29, 1.82) is 0 Å². The Bertz CT molecular complexity index is 121. The lowest BCUT2D eigenvalue weighted by molar-refractivity contribution is 0.0962. The molecule has 1 heterocycles. The van der Waals surface area contributed by atoms with Crippen molar-refractivity contribution in [2.75, 3.05) is 0 Å². The molecule has 1 rings (SSSR count). The van der Waals surface area contributed by atoms with Crippen molar-refractivity contribution in [3.05, 3.63) is 12.1 Å². The van der Waals surface area contributed by atoms with E-state index >= 15 is 0 Å². The molecule has 1 aliphatic heterocycles. The third-order valence-corrected chi connectivity index (χ3v) is 0.854. The lowest BCUT2D eigenvalue weighted by Crippen LogP contribution is -2.24. The molecule has 0 atom stereocenters. The predicted molar refractivity (Wildman–Crippen MR) is 33.7 cm³/mol.